The maximum atomic E-state index is 13.0. The number of Topliss-reactive ketones (excluding diaryl/α,β-unsaturated/α-hetero) is 1. The van der Waals surface area contributed by atoms with Gasteiger partial charge in [0.05, 0.1) is 0 Å². The summed E-state index contributed by atoms with van der Waals surface area (Å²) in [5.74, 6) is 3.01. The Hall–Kier alpha value is -3.73. The predicted octanol–water partition coefficient (Wildman–Crippen LogP) is 5.77. The number of ether oxygens (including phenoxy) is 3. The maximum Gasteiger partial charge on any atom is 0.231 e. The molecule has 3 aliphatic rings. The summed E-state index contributed by atoms with van der Waals surface area (Å²) in [4.78, 5) is 13.0. The Kier molecular flexibility index (Phi) is 4.20. The van der Waals surface area contributed by atoms with Crippen LogP contribution in [0.25, 0.3) is 0 Å². The Balaban J connectivity index is 1.47. The number of hydrogen-bond donors (Lipinski definition) is 1. The Morgan fingerprint density at radius 1 is 0.871 bits per heavy atom. The van der Waals surface area contributed by atoms with Gasteiger partial charge < -0.3 is 19.5 Å². The summed E-state index contributed by atoms with van der Waals surface area (Å²) in [5.41, 5.74) is 4.89. The van der Waals surface area contributed by atoms with E-state index in [2.05, 4.69) is 11.4 Å². The van der Waals surface area contributed by atoms with Crippen molar-refractivity contribution in [3.63, 3.8) is 0 Å². The third-order valence-electron chi connectivity index (χ3n) is 6.06. The van der Waals surface area contributed by atoms with Gasteiger partial charge in [0.25, 0.3) is 0 Å². The second-order valence-electron chi connectivity index (χ2n) is 8.01. The van der Waals surface area contributed by atoms with Crippen LogP contribution in [0.4, 0.5) is 5.69 Å². The van der Waals surface area contributed by atoms with Gasteiger partial charge in [-0.05, 0) is 54.3 Å². The maximum absolute atomic E-state index is 13.0. The number of carbonyl (C=O) groups is 1. The second-order valence-corrected chi connectivity index (χ2v) is 8.01. The summed E-state index contributed by atoms with van der Waals surface area (Å²) in [6.07, 6.45) is 2.32. The van der Waals surface area contributed by atoms with Gasteiger partial charge in [0.2, 0.25) is 6.79 Å². The Morgan fingerprint density at radius 2 is 1.68 bits per heavy atom. The summed E-state index contributed by atoms with van der Waals surface area (Å²) in [7, 11) is 0. The van der Waals surface area contributed by atoms with Crippen molar-refractivity contribution in [3.05, 3.63) is 89.1 Å². The summed E-state index contributed by atoms with van der Waals surface area (Å²) in [6.45, 7) is 0.218. The van der Waals surface area contributed by atoms with Crippen molar-refractivity contribution in [1.29, 1.82) is 0 Å². The van der Waals surface area contributed by atoms with Crippen LogP contribution in [0.3, 0.4) is 0 Å². The lowest BCUT2D eigenvalue weighted by Crippen LogP contribution is -2.26. The molecule has 0 bridgehead atoms. The van der Waals surface area contributed by atoms with E-state index >= 15 is 0 Å². The topological polar surface area (TPSA) is 56.8 Å². The first-order valence-electron chi connectivity index (χ1n) is 10.6. The minimum absolute atomic E-state index is 0.173. The molecule has 0 radical (unpaired) electrons. The number of anilines is 1. The van der Waals surface area contributed by atoms with E-state index in [1.165, 1.54) is 0 Å². The molecular formula is C26H21NO4. The minimum Gasteiger partial charge on any atom is -0.457 e. The van der Waals surface area contributed by atoms with Crippen molar-refractivity contribution in [2.24, 2.45) is 0 Å². The number of nitrogens with one attached hydrogen (secondary N) is 1. The molecule has 0 fully saturated rings. The smallest absolute Gasteiger partial charge is 0.231 e. The molecule has 3 aromatic rings. The summed E-state index contributed by atoms with van der Waals surface area (Å²) >= 11 is 0. The van der Waals surface area contributed by atoms with Crippen molar-refractivity contribution in [2.45, 2.75) is 25.2 Å². The molecule has 3 aromatic carbocycles. The van der Waals surface area contributed by atoms with Crippen LogP contribution in [0.15, 0.2) is 78.0 Å². The highest BCUT2D eigenvalue weighted by molar-refractivity contribution is 6.01. The molecule has 6 rings (SSSR count). The van der Waals surface area contributed by atoms with E-state index in [0.717, 1.165) is 63.9 Å². The van der Waals surface area contributed by atoms with E-state index < -0.39 is 0 Å². The number of allylic oxidation sites excluding steroid dienone is 2. The molecule has 5 heteroatoms. The molecular weight excluding hydrogens is 390 g/mol. The second kappa shape index (κ2) is 7.20. The quantitative estimate of drug-likeness (QED) is 0.593. The number of ketones is 1. The highest BCUT2D eigenvalue weighted by Crippen LogP contribution is 2.49. The van der Waals surface area contributed by atoms with Gasteiger partial charge in [0, 0.05) is 35.4 Å². The molecule has 5 nitrogen and oxygen atoms in total. The normalized spacial score (nSPS) is 18.8. The molecule has 2 heterocycles. The molecule has 1 N–H and O–H groups in total. The molecule has 0 aromatic heterocycles. The largest absolute Gasteiger partial charge is 0.457 e. The molecule has 0 unspecified atom stereocenters. The third kappa shape index (κ3) is 3.13. The SMILES string of the molecule is O=C1CCCC2=C1[C@H](c1cccc(Oc3ccccc3)c1)c1cc3c(cc1N2)OCO3. The highest BCUT2D eigenvalue weighted by Gasteiger charge is 2.36. The van der Waals surface area contributed by atoms with E-state index in [9.17, 15) is 4.79 Å². The number of carbonyl (C=O) groups excluding carboxylic acids is 1. The average Bonchev–Trinajstić information content (AvgIpc) is 3.24. The summed E-state index contributed by atoms with van der Waals surface area (Å²) in [6, 6.07) is 21.7. The Bertz CT molecular complexity index is 1220. The minimum atomic E-state index is -0.173. The van der Waals surface area contributed by atoms with E-state index in [0.29, 0.717) is 6.42 Å². The van der Waals surface area contributed by atoms with Gasteiger partial charge in [-0.3, -0.25) is 4.79 Å². The standard InChI is InChI=1S/C26H21NO4/c28-22-11-5-10-20-26(22)25(19-13-23-24(30-15-29-23)14-21(19)27-20)16-6-4-9-18(12-16)31-17-7-2-1-3-8-17/h1-4,6-9,12-14,25,27H,5,10-11,15H2/t25-/m1/s1. The zero-order chi connectivity index (χ0) is 20.8. The Morgan fingerprint density at radius 3 is 2.55 bits per heavy atom. The van der Waals surface area contributed by atoms with Gasteiger partial charge in [-0.1, -0.05) is 30.3 Å². The highest BCUT2D eigenvalue weighted by atomic mass is 16.7. The van der Waals surface area contributed by atoms with Crippen molar-refractivity contribution >= 4 is 11.5 Å². The fourth-order valence-electron chi connectivity index (χ4n) is 4.68. The lowest BCUT2D eigenvalue weighted by Gasteiger charge is -2.34. The van der Waals surface area contributed by atoms with E-state index in [1.54, 1.807) is 0 Å². The molecule has 31 heavy (non-hydrogen) atoms. The molecule has 2 aliphatic heterocycles. The van der Waals surface area contributed by atoms with Gasteiger partial charge >= 0.3 is 0 Å². The van der Waals surface area contributed by atoms with Crippen molar-refractivity contribution in [1.82, 2.24) is 0 Å². The number of hydrogen-bond acceptors (Lipinski definition) is 5. The molecule has 1 aliphatic carbocycles. The first-order valence-corrected chi connectivity index (χ1v) is 10.6. The van der Waals surface area contributed by atoms with Gasteiger partial charge in [-0.15, -0.1) is 0 Å². The fourth-order valence-corrected chi connectivity index (χ4v) is 4.68. The fraction of sp³-hybridized carbons (Fsp3) is 0.192. The van der Waals surface area contributed by atoms with Crippen LogP contribution in [0.2, 0.25) is 0 Å². The molecule has 0 amide bonds. The first-order chi connectivity index (χ1) is 15.3. The molecule has 0 saturated heterocycles. The van der Waals surface area contributed by atoms with Crippen molar-refractivity contribution in [3.8, 4) is 23.0 Å². The van der Waals surface area contributed by atoms with Gasteiger partial charge in [-0.25, -0.2) is 0 Å². The van der Waals surface area contributed by atoms with E-state index in [4.69, 9.17) is 14.2 Å². The number of fused-ring (bicyclic) bond motifs is 2. The molecule has 1 atom stereocenters. The van der Waals surface area contributed by atoms with Crippen molar-refractivity contribution < 1.29 is 19.0 Å². The summed E-state index contributed by atoms with van der Waals surface area (Å²) in [5, 5.41) is 3.51. The third-order valence-corrected chi connectivity index (χ3v) is 6.06. The van der Waals surface area contributed by atoms with Crippen LogP contribution in [-0.2, 0) is 4.79 Å². The Labute approximate surface area is 180 Å². The zero-order valence-corrected chi connectivity index (χ0v) is 16.9. The van der Waals surface area contributed by atoms with Gasteiger partial charge in [0.15, 0.2) is 17.3 Å². The van der Waals surface area contributed by atoms with E-state index in [1.807, 2.05) is 60.7 Å². The number of benzene rings is 3. The average molecular weight is 411 g/mol. The number of para-hydroxylation sites is 1. The van der Waals surface area contributed by atoms with Crippen LogP contribution in [0.1, 0.15) is 36.3 Å². The van der Waals surface area contributed by atoms with Crippen molar-refractivity contribution in [2.75, 3.05) is 12.1 Å². The lowest BCUT2D eigenvalue weighted by molar-refractivity contribution is -0.116. The van der Waals surface area contributed by atoms with E-state index in [-0.39, 0.29) is 18.5 Å². The zero-order valence-electron chi connectivity index (χ0n) is 16.9. The van der Waals surface area contributed by atoms with Gasteiger partial charge in [-0.2, -0.15) is 0 Å². The van der Waals surface area contributed by atoms with Crippen LogP contribution in [0.5, 0.6) is 23.0 Å². The monoisotopic (exact) mass is 411 g/mol. The van der Waals surface area contributed by atoms with Crippen LogP contribution in [-0.4, -0.2) is 12.6 Å². The summed E-state index contributed by atoms with van der Waals surface area (Å²) < 4.78 is 17.3. The lowest BCUT2D eigenvalue weighted by atomic mass is 9.75. The number of rotatable bonds is 3. The van der Waals surface area contributed by atoms with Gasteiger partial charge in [0.1, 0.15) is 11.5 Å². The molecule has 154 valence electrons. The van der Waals surface area contributed by atoms with Crippen LogP contribution in [0, 0.1) is 0 Å². The first kappa shape index (κ1) is 18.1. The molecule has 0 spiro atoms. The predicted molar refractivity (Wildman–Crippen MR) is 117 cm³/mol. The molecule has 0 saturated carbocycles. The van der Waals surface area contributed by atoms with Crippen LogP contribution >= 0.6 is 0 Å². The van der Waals surface area contributed by atoms with Crippen LogP contribution < -0.4 is 19.5 Å².